The van der Waals surface area contributed by atoms with E-state index in [0.29, 0.717) is 6.54 Å². The molecule has 2 aliphatic rings. The van der Waals surface area contributed by atoms with Gasteiger partial charge in [0.1, 0.15) is 0 Å². The second kappa shape index (κ2) is 5.63. The Morgan fingerprint density at radius 2 is 1.84 bits per heavy atom. The van der Waals surface area contributed by atoms with Crippen LogP contribution in [0.15, 0.2) is 28.7 Å². The van der Waals surface area contributed by atoms with Crippen molar-refractivity contribution in [3.63, 3.8) is 0 Å². The van der Waals surface area contributed by atoms with Crippen LogP contribution in [-0.2, 0) is 4.79 Å². The Morgan fingerprint density at radius 1 is 1.21 bits per heavy atom. The number of likely N-dealkylation sites (tertiary alicyclic amines) is 1. The number of carbonyl (C=O) groups excluding carboxylic acids is 1. The van der Waals surface area contributed by atoms with Crippen LogP contribution >= 0.6 is 15.9 Å². The molecule has 2 unspecified atom stereocenters. The summed E-state index contributed by atoms with van der Waals surface area (Å²) in [4.78, 5) is 14.3. The second-order valence-corrected chi connectivity index (χ2v) is 6.62. The molecule has 1 aliphatic carbocycles. The Labute approximate surface area is 122 Å². The van der Waals surface area contributed by atoms with Crippen molar-refractivity contribution in [2.24, 2.45) is 11.8 Å². The number of amides is 1. The maximum atomic E-state index is 12.0. The summed E-state index contributed by atoms with van der Waals surface area (Å²) in [5, 5.41) is 2.96. The normalized spacial score (nSPS) is 26.4. The topological polar surface area (TPSA) is 32.3 Å². The van der Waals surface area contributed by atoms with Crippen molar-refractivity contribution in [2.45, 2.75) is 19.3 Å². The molecule has 1 N–H and O–H groups in total. The molecular weight excluding hydrogens is 304 g/mol. The summed E-state index contributed by atoms with van der Waals surface area (Å²) in [6.07, 6.45) is 4.10. The van der Waals surface area contributed by atoms with Gasteiger partial charge in [0.05, 0.1) is 6.54 Å². The highest BCUT2D eigenvalue weighted by molar-refractivity contribution is 9.10. The predicted molar refractivity (Wildman–Crippen MR) is 80.0 cm³/mol. The number of nitrogens with zero attached hydrogens (tertiary/aromatic N) is 1. The number of anilines is 1. The van der Waals surface area contributed by atoms with E-state index in [1.54, 1.807) is 0 Å². The fourth-order valence-electron chi connectivity index (χ4n) is 3.40. The predicted octanol–water partition coefficient (Wildman–Crippen LogP) is 3.12. The molecule has 1 aromatic rings. The number of fused-ring (bicyclic) bond motifs is 1. The molecule has 1 amide bonds. The summed E-state index contributed by atoms with van der Waals surface area (Å²) in [7, 11) is 0. The quantitative estimate of drug-likeness (QED) is 0.927. The van der Waals surface area contributed by atoms with Gasteiger partial charge in [0.15, 0.2) is 0 Å². The van der Waals surface area contributed by atoms with Gasteiger partial charge in [-0.15, -0.1) is 0 Å². The Hall–Kier alpha value is -0.870. The van der Waals surface area contributed by atoms with Crippen LogP contribution in [0.4, 0.5) is 5.69 Å². The minimum atomic E-state index is 0.0993. The minimum Gasteiger partial charge on any atom is -0.325 e. The zero-order valence-electron chi connectivity index (χ0n) is 10.9. The van der Waals surface area contributed by atoms with E-state index in [4.69, 9.17) is 0 Å². The molecule has 1 saturated heterocycles. The van der Waals surface area contributed by atoms with Gasteiger partial charge in [-0.3, -0.25) is 9.69 Å². The van der Waals surface area contributed by atoms with Gasteiger partial charge < -0.3 is 5.32 Å². The summed E-state index contributed by atoms with van der Waals surface area (Å²) in [6.45, 7) is 2.75. The van der Waals surface area contributed by atoms with Gasteiger partial charge in [0.25, 0.3) is 0 Å². The molecule has 2 atom stereocenters. The van der Waals surface area contributed by atoms with Crippen LogP contribution in [0.2, 0.25) is 0 Å². The molecule has 0 aromatic heterocycles. The molecule has 0 bridgehead atoms. The fraction of sp³-hybridized carbons (Fsp3) is 0.533. The van der Waals surface area contributed by atoms with Crippen LogP contribution in [0.3, 0.4) is 0 Å². The number of benzene rings is 1. The summed E-state index contributed by atoms with van der Waals surface area (Å²) in [5.41, 5.74) is 0.868. The first-order valence-corrected chi connectivity index (χ1v) is 7.78. The Balaban J connectivity index is 1.50. The van der Waals surface area contributed by atoms with E-state index in [1.165, 1.54) is 19.3 Å². The SMILES string of the molecule is O=C(CN1CC2CCCC2C1)Nc1ccc(Br)cc1. The van der Waals surface area contributed by atoms with Crippen LogP contribution < -0.4 is 5.32 Å². The highest BCUT2D eigenvalue weighted by atomic mass is 79.9. The minimum absolute atomic E-state index is 0.0993. The fourth-order valence-corrected chi connectivity index (χ4v) is 3.66. The molecular formula is C15H19BrN2O. The monoisotopic (exact) mass is 322 g/mol. The summed E-state index contributed by atoms with van der Waals surface area (Å²) >= 11 is 3.39. The number of carbonyl (C=O) groups is 1. The third-order valence-corrected chi connectivity index (χ3v) is 4.83. The maximum absolute atomic E-state index is 12.0. The lowest BCUT2D eigenvalue weighted by atomic mass is 10.0. The average molecular weight is 323 g/mol. The first-order valence-electron chi connectivity index (χ1n) is 6.98. The molecule has 2 fully saturated rings. The molecule has 19 heavy (non-hydrogen) atoms. The first kappa shape index (κ1) is 13.1. The summed E-state index contributed by atoms with van der Waals surface area (Å²) < 4.78 is 1.03. The van der Waals surface area contributed by atoms with Crippen LogP contribution in [0.5, 0.6) is 0 Å². The van der Waals surface area contributed by atoms with E-state index in [2.05, 4.69) is 26.1 Å². The molecule has 1 saturated carbocycles. The Kier molecular flexibility index (Phi) is 3.89. The van der Waals surface area contributed by atoms with Crippen molar-refractivity contribution in [3.05, 3.63) is 28.7 Å². The first-order chi connectivity index (χ1) is 9.20. The van der Waals surface area contributed by atoms with Crippen molar-refractivity contribution < 1.29 is 4.79 Å². The third-order valence-electron chi connectivity index (χ3n) is 4.30. The highest BCUT2D eigenvalue weighted by Gasteiger charge is 2.36. The summed E-state index contributed by atoms with van der Waals surface area (Å²) in [5.74, 6) is 1.79. The molecule has 102 valence electrons. The van der Waals surface area contributed by atoms with Gasteiger partial charge in [0.2, 0.25) is 5.91 Å². The Bertz CT molecular complexity index is 448. The highest BCUT2D eigenvalue weighted by Crippen LogP contribution is 2.37. The second-order valence-electron chi connectivity index (χ2n) is 5.70. The smallest absolute Gasteiger partial charge is 0.238 e. The van der Waals surface area contributed by atoms with Gasteiger partial charge in [-0.05, 0) is 48.9 Å². The lowest BCUT2D eigenvalue weighted by molar-refractivity contribution is -0.117. The van der Waals surface area contributed by atoms with Crippen molar-refractivity contribution >= 4 is 27.5 Å². The van der Waals surface area contributed by atoms with Crippen molar-refractivity contribution in [2.75, 3.05) is 25.0 Å². The van der Waals surface area contributed by atoms with Gasteiger partial charge in [-0.1, -0.05) is 22.4 Å². The maximum Gasteiger partial charge on any atom is 0.238 e. The van der Waals surface area contributed by atoms with E-state index in [1.807, 2.05) is 24.3 Å². The summed E-state index contributed by atoms with van der Waals surface area (Å²) in [6, 6.07) is 7.72. The molecule has 4 heteroatoms. The van der Waals surface area contributed by atoms with Crippen molar-refractivity contribution in [3.8, 4) is 0 Å². The number of rotatable bonds is 3. The van der Waals surface area contributed by atoms with Crippen LogP contribution in [-0.4, -0.2) is 30.4 Å². The molecule has 1 aliphatic heterocycles. The molecule has 3 rings (SSSR count). The lowest BCUT2D eigenvalue weighted by Gasteiger charge is -2.16. The molecule has 1 aromatic carbocycles. The van der Waals surface area contributed by atoms with Gasteiger partial charge in [0, 0.05) is 23.2 Å². The van der Waals surface area contributed by atoms with Crippen LogP contribution in [0, 0.1) is 11.8 Å². The third kappa shape index (κ3) is 3.18. The average Bonchev–Trinajstić information content (AvgIpc) is 2.92. The number of halogens is 1. The molecule has 3 nitrogen and oxygen atoms in total. The van der Waals surface area contributed by atoms with E-state index in [0.717, 1.165) is 35.1 Å². The molecule has 0 radical (unpaired) electrons. The van der Waals surface area contributed by atoms with Crippen molar-refractivity contribution in [1.82, 2.24) is 4.90 Å². The van der Waals surface area contributed by atoms with Gasteiger partial charge in [-0.2, -0.15) is 0 Å². The van der Waals surface area contributed by atoms with Crippen molar-refractivity contribution in [1.29, 1.82) is 0 Å². The zero-order valence-corrected chi connectivity index (χ0v) is 12.5. The lowest BCUT2D eigenvalue weighted by Crippen LogP contribution is -2.32. The van der Waals surface area contributed by atoms with Crippen LogP contribution in [0.1, 0.15) is 19.3 Å². The zero-order chi connectivity index (χ0) is 13.2. The molecule has 0 spiro atoms. The van der Waals surface area contributed by atoms with Gasteiger partial charge in [-0.25, -0.2) is 0 Å². The standard InChI is InChI=1S/C15H19BrN2O/c16-13-4-6-14(7-5-13)17-15(19)10-18-8-11-2-1-3-12(11)9-18/h4-7,11-12H,1-3,8-10H2,(H,17,19). The van der Waals surface area contributed by atoms with Gasteiger partial charge >= 0.3 is 0 Å². The number of hydrogen-bond acceptors (Lipinski definition) is 2. The van der Waals surface area contributed by atoms with Crippen LogP contribution in [0.25, 0.3) is 0 Å². The van der Waals surface area contributed by atoms with E-state index < -0.39 is 0 Å². The van der Waals surface area contributed by atoms with E-state index in [9.17, 15) is 4.79 Å². The number of nitrogens with one attached hydrogen (secondary N) is 1. The van der Waals surface area contributed by atoms with E-state index >= 15 is 0 Å². The Morgan fingerprint density at radius 3 is 2.47 bits per heavy atom. The number of hydrogen-bond donors (Lipinski definition) is 1. The van der Waals surface area contributed by atoms with E-state index in [-0.39, 0.29) is 5.91 Å². The molecule has 1 heterocycles. The largest absolute Gasteiger partial charge is 0.325 e.